The van der Waals surface area contributed by atoms with Gasteiger partial charge in [-0.05, 0) is 80.8 Å². The van der Waals surface area contributed by atoms with Crippen LogP contribution in [0, 0.1) is 29.4 Å². The van der Waals surface area contributed by atoms with E-state index in [0.717, 1.165) is 30.6 Å². The SMILES string of the molecule is CCCCC[C@H]1CC[C@H](C2CCC(c3ccc(OCC)c(F)c3F)CC2)CC1. The third kappa shape index (κ3) is 5.27. The molecule has 2 aliphatic rings. The second-order valence-electron chi connectivity index (χ2n) is 9.10. The Bertz CT molecular complexity index is 599. The van der Waals surface area contributed by atoms with E-state index in [1.807, 2.05) is 0 Å². The smallest absolute Gasteiger partial charge is 0.200 e. The molecule has 3 rings (SSSR count). The molecule has 0 radical (unpaired) electrons. The lowest BCUT2D eigenvalue weighted by Crippen LogP contribution is -2.25. The molecule has 3 heteroatoms. The third-order valence-electron chi connectivity index (χ3n) is 7.36. The van der Waals surface area contributed by atoms with Crippen molar-refractivity contribution < 1.29 is 13.5 Å². The van der Waals surface area contributed by atoms with Crippen molar-refractivity contribution in [3.63, 3.8) is 0 Å². The zero-order valence-corrected chi connectivity index (χ0v) is 17.8. The van der Waals surface area contributed by atoms with Gasteiger partial charge in [-0.15, -0.1) is 0 Å². The summed E-state index contributed by atoms with van der Waals surface area (Å²) in [7, 11) is 0. The maximum absolute atomic E-state index is 14.5. The lowest BCUT2D eigenvalue weighted by molar-refractivity contribution is 0.155. The van der Waals surface area contributed by atoms with E-state index in [2.05, 4.69) is 6.92 Å². The van der Waals surface area contributed by atoms with Gasteiger partial charge in [0.1, 0.15) is 0 Å². The Kier molecular flexibility index (Phi) is 8.17. The topological polar surface area (TPSA) is 9.23 Å². The molecule has 0 spiro atoms. The zero-order chi connectivity index (χ0) is 19.9. The predicted molar refractivity (Wildman–Crippen MR) is 112 cm³/mol. The summed E-state index contributed by atoms with van der Waals surface area (Å²) < 4.78 is 33.9. The molecule has 0 aromatic heterocycles. The maximum Gasteiger partial charge on any atom is 0.200 e. The number of rotatable bonds is 8. The van der Waals surface area contributed by atoms with Crippen LogP contribution in [0.5, 0.6) is 5.75 Å². The Morgan fingerprint density at radius 3 is 2.07 bits per heavy atom. The lowest BCUT2D eigenvalue weighted by Gasteiger charge is -2.38. The fourth-order valence-electron chi connectivity index (χ4n) is 5.66. The van der Waals surface area contributed by atoms with E-state index in [1.54, 1.807) is 19.1 Å². The molecule has 1 aromatic rings. The third-order valence-corrected chi connectivity index (χ3v) is 7.36. The number of benzene rings is 1. The Morgan fingerprint density at radius 1 is 0.821 bits per heavy atom. The summed E-state index contributed by atoms with van der Waals surface area (Å²) in [6.07, 6.45) is 15.4. The van der Waals surface area contributed by atoms with Gasteiger partial charge >= 0.3 is 0 Å². The van der Waals surface area contributed by atoms with Crippen LogP contribution in [0.15, 0.2) is 12.1 Å². The Balaban J connectivity index is 1.48. The van der Waals surface area contributed by atoms with E-state index >= 15 is 0 Å². The van der Waals surface area contributed by atoms with Crippen LogP contribution in [0.3, 0.4) is 0 Å². The minimum Gasteiger partial charge on any atom is -0.491 e. The maximum atomic E-state index is 14.5. The molecule has 1 nitrogen and oxygen atoms in total. The van der Waals surface area contributed by atoms with Gasteiger partial charge in [-0.2, -0.15) is 4.39 Å². The van der Waals surface area contributed by atoms with Crippen molar-refractivity contribution in [3.8, 4) is 5.75 Å². The van der Waals surface area contributed by atoms with Gasteiger partial charge < -0.3 is 4.74 Å². The second kappa shape index (κ2) is 10.6. The van der Waals surface area contributed by atoms with Gasteiger partial charge in [0.05, 0.1) is 6.61 Å². The molecule has 158 valence electrons. The van der Waals surface area contributed by atoms with Crippen molar-refractivity contribution in [3.05, 3.63) is 29.3 Å². The molecule has 2 aliphatic carbocycles. The van der Waals surface area contributed by atoms with Gasteiger partial charge in [-0.25, -0.2) is 4.39 Å². The molecular weight excluding hydrogens is 354 g/mol. The van der Waals surface area contributed by atoms with Crippen LogP contribution in [0.4, 0.5) is 8.78 Å². The average molecular weight is 393 g/mol. The molecule has 0 aliphatic heterocycles. The first-order valence-electron chi connectivity index (χ1n) is 11.7. The largest absolute Gasteiger partial charge is 0.491 e. The second-order valence-corrected chi connectivity index (χ2v) is 9.10. The van der Waals surface area contributed by atoms with E-state index in [-0.39, 0.29) is 11.7 Å². The number of ether oxygens (including phenoxy) is 1. The molecule has 0 unspecified atom stereocenters. The summed E-state index contributed by atoms with van der Waals surface area (Å²) in [6, 6.07) is 3.35. The highest BCUT2D eigenvalue weighted by molar-refractivity contribution is 5.33. The van der Waals surface area contributed by atoms with Crippen LogP contribution in [-0.4, -0.2) is 6.61 Å². The van der Waals surface area contributed by atoms with Crippen LogP contribution in [-0.2, 0) is 0 Å². The van der Waals surface area contributed by atoms with Crippen LogP contribution in [0.1, 0.15) is 102 Å². The zero-order valence-electron chi connectivity index (χ0n) is 17.8. The molecule has 0 saturated heterocycles. The van der Waals surface area contributed by atoms with E-state index in [0.29, 0.717) is 12.2 Å². The predicted octanol–water partition coefficient (Wildman–Crippen LogP) is 8.02. The average Bonchev–Trinajstić information content (AvgIpc) is 2.73. The van der Waals surface area contributed by atoms with E-state index < -0.39 is 11.6 Å². The molecule has 28 heavy (non-hydrogen) atoms. The first-order valence-corrected chi connectivity index (χ1v) is 11.7. The van der Waals surface area contributed by atoms with Crippen molar-refractivity contribution >= 4 is 0 Å². The fourth-order valence-corrected chi connectivity index (χ4v) is 5.66. The van der Waals surface area contributed by atoms with Crippen molar-refractivity contribution in [2.45, 2.75) is 96.8 Å². The normalized spacial score (nSPS) is 28.3. The van der Waals surface area contributed by atoms with Gasteiger partial charge in [-0.3, -0.25) is 0 Å². The first kappa shape index (κ1) is 21.6. The van der Waals surface area contributed by atoms with Crippen LogP contribution < -0.4 is 4.74 Å². The molecule has 0 amide bonds. The summed E-state index contributed by atoms with van der Waals surface area (Å²) in [5, 5.41) is 0. The molecule has 2 saturated carbocycles. The van der Waals surface area contributed by atoms with Crippen molar-refractivity contribution in [1.29, 1.82) is 0 Å². The van der Waals surface area contributed by atoms with Gasteiger partial charge in [-0.1, -0.05) is 51.5 Å². The van der Waals surface area contributed by atoms with Gasteiger partial charge in [0.2, 0.25) is 5.82 Å². The van der Waals surface area contributed by atoms with Crippen molar-refractivity contribution in [1.82, 2.24) is 0 Å². The molecule has 0 N–H and O–H groups in total. The highest BCUT2D eigenvalue weighted by atomic mass is 19.2. The quantitative estimate of drug-likeness (QED) is 0.407. The first-order chi connectivity index (χ1) is 13.6. The van der Waals surface area contributed by atoms with E-state index in [9.17, 15) is 8.78 Å². The standard InChI is InChI=1S/C25H38F2O/c1-3-5-6-7-18-8-10-19(11-9-18)20-12-14-21(15-13-20)22-16-17-23(28-4-2)25(27)24(22)26/h16-21H,3-15H2,1-2H3/t18-,19-,20?,21?. The summed E-state index contributed by atoms with van der Waals surface area (Å²) in [5.41, 5.74) is 0.555. The fraction of sp³-hybridized carbons (Fsp3) is 0.760. The minimum absolute atomic E-state index is 0.0353. The van der Waals surface area contributed by atoms with Crippen LogP contribution in [0.25, 0.3) is 0 Å². The summed E-state index contributed by atoms with van der Waals surface area (Å²) in [6.45, 7) is 4.41. The van der Waals surface area contributed by atoms with Crippen LogP contribution >= 0.6 is 0 Å². The Morgan fingerprint density at radius 2 is 1.46 bits per heavy atom. The molecule has 2 fully saturated rings. The highest BCUT2D eigenvalue weighted by Crippen LogP contribution is 2.45. The van der Waals surface area contributed by atoms with Crippen molar-refractivity contribution in [2.75, 3.05) is 6.61 Å². The van der Waals surface area contributed by atoms with Crippen LogP contribution in [0.2, 0.25) is 0 Å². The number of unbranched alkanes of at least 4 members (excludes halogenated alkanes) is 2. The molecule has 0 heterocycles. The van der Waals surface area contributed by atoms with Gasteiger partial charge in [0.15, 0.2) is 11.6 Å². The Hall–Kier alpha value is -1.12. The molecule has 0 atom stereocenters. The van der Waals surface area contributed by atoms with E-state index in [1.165, 1.54) is 64.2 Å². The molecular formula is C25H38F2O. The van der Waals surface area contributed by atoms with Gasteiger partial charge in [0.25, 0.3) is 0 Å². The minimum atomic E-state index is -0.817. The van der Waals surface area contributed by atoms with E-state index in [4.69, 9.17) is 4.74 Å². The molecule has 0 bridgehead atoms. The summed E-state index contributed by atoms with van der Waals surface area (Å²) in [4.78, 5) is 0. The summed E-state index contributed by atoms with van der Waals surface area (Å²) >= 11 is 0. The monoisotopic (exact) mass is 392 g/mol. The summed E-state index contributed by atoms with van der Waals surface area (Å²) in [5.74, 6) is 1.30. The van der Waals surface area contributed by atoms with Gasteiger partial charge in [0, 0.05) is 0 Å². The number of halogens is 2. The number of hydrogen-bond donors (Lipinski definition) is 0. The lowest BCUT2D eigenvalue weighted by atomic mass is 9.68. The highest BCUT2D eigenvalue weighted by Gasteiger charge is 2.32. The molecule has 1 aromatic carbocycles. The Labute approximate surface area is 170 Å². The van der Waals surface area contributed by atoms with Crippen molar-refractivity contribution in [2.24, 2.45) is 17.8 Å². The number of hydrogen-bond acceptors (Lipinski definition) is 1.